The lowest BCUT2D eigenvalue weighted by atomic mass is 10.5. The molecule has 0 saturated carbocycles. The van der Waals surface area contributed by atoms with Gasteiger partial charge in [0.1, 0.15) is 0 Å². The summed E-state index contributed by atoms with van der Waals surface area (Å²) in [5.41, 5.74) is 0. The van der Waals surface area contributed by atoms with Crippen LogP contribution < -0.4 is 5.32 Å². The van der Waals surface area contributed by atoms with E-state index in [1.165, 1.54) is 12.3 Å². The lowest BCUT2D eigenvalue weighted by molar-refractivity contribution is 0.453. The van der Waals surface area contributed by atoms with Crippen LogP contribution in [0.25, 0.3) is 0 Å². The summed E-state index contributed by atoms with van der Waals surface area (Å²) in [6.07, 6.45) is 1.54. The lowest BCUT2D eigenvalue weighted by Crippen LogP contribution is -2.33. The number of nitrogens with zero attached hydrogens (tertiary/aromatic N) is 3. The van der Waals surface area contributed by atoms with Crippen molar-refractivity contribution in [3.63, 3.8) is 0 Å². The molecular weight excluding hydrogens is 192 g/mol. The highest BCUT2D eigenvalue weighted by molar-refractivity contribution is 5.78. The molecule has 0 amide bonds. The number of aliphatic imine (C=N–C) groups is 1. The van der Waals surface area contributed by atoms with Crippen LogP contribution in [0.2, 0.25) is 0 Å². The lowest BCUT2D eigenvalue weighted by Gasteiger charge is -2.12. The Labute approximate surface area is 90.5 Å². The molecule has 1 aromatic rings. The van der Waals surface area contributed by atoms with E-state index in [0.29, 0.717) is 0 Å². The molecule has 0 atom stereocenters. The number of aromatic hydroxyl groups is 1. The zero-order valence-electron chi connectivity index (χ0n) is 9.60. The largest absolute Gasteiger partial charge is 0.493 e. The van der Waals surface area contributed by atoms with E-state index in [1.807, 2.05) is 26.0 Å². The van der Waals surface area contributed by atoms with Gasteiger partial charge in [0, 0.05) is 40.5 Å². The highest BCUT2D eigenvalue weighted by Crippen LogP contribution is 1.96. The Morgan fingerprint density at radius 3 is 2.27 bits per heavy atom. The second-order valence-corrected chi connectivity index (χ2v) is 2.88. The minimum Gasteiger partial charge on any atom is -0.493 e. The number of hydrogen-bond donors (Lipinski definition) is 2. The second-order valence-electron chi connectivity index (χ2n) is 2.88. The van der Waals surface area contributed by atoms with E-state index >= 15 is 0 Å². The van der Waals surface area contributed by atoms with Crippen molar-refractivity contribution in [2.75, 3.05) is 28.2 Å². The van der Waals surface area contributed by atoms with E-state index in [2.05, 4.69) is 15.3 Å². The fourth-order valence-corrected chi connectivity index (χ4v) is 0.889. The summed E-state index contributed by atoms with van der Waals surface area (Å²) in [6.45, 7) is 0. The van der Waals surface area contributed by atoms with Crippen molar-refractivity contribution in [3.05, 3.63) is 24.4 Å². The maximum atomic E-state index is 8.52. The fourth-order valence-electron chi connectivity index (χ4n) is 0.889. The first-order chi connectivity index (χ1) is 7.11. The molecule has 0 unspecified atom stereocenters. The molecule has 1 rings (SSSR count). The quantitative estimate of drug-likeness (QED) is 0.484. The van der Waals surface area contributed by atoms with Gasteiger partial charge in [0.25, 0.3) is 0 Å². The standard InChI is InChI=1S/C5H13N3.C5H5NO/c1-6-5(7-2)8(3)4;7-5-3-1-2-4-6-5/h1-4H3,(H,6,7);1-4H,(H,6,7). The summed E-state index contributed by atoms with van der Waals surface area (Å²) in [4.78, 5) is 9.39. The van der Waals surface area contributed by atoms with Crippen LogP contribution in [0.1, 0.15) is 0 Å². The molecule has 0 aliphatic rings. The number of nitrogens with one attached hydrogen (secondary N) is 1. The van der Waals surface area contributed by atoms with Gasteiger partial charge in [-0.1, -0.05) is 6.07 Å². The molecule has 5 heteroatoms. The zero-order valence-corrected chi connectivity index (χ0v) is 9.60. The fraction of sp³-hybridized carbons (Fsp3) is 0.400. The Morgan fingerprint density at radius 1 is 1.47 bits per heavy atom. The summed E-state index contributed by atoms with van der Waals surface area (Å²) in [5.74, 6) is 0.965. The van der Waals surface area contributed by atoms with Gasteiger partial charge in [-0.15, -0.1) is 0 Å². The Balaban J connectivity index is 0.000000262. The summed E-state index contributed by atoms with van der Waals surface area (Å²) >= 11 is 0. The van der Waals surface area contributed by atoms with Crippen molar-refractivity contribution >= 4 is 5.96 Å². The summed E-state index contributed by atoms with van der Waals surface area (Å²) < 4.78 is 0. The van der Waals surface area contributed by atoms with Gasteiger partial charge in [0.2, 0.25) is 5.88 Å². The molecule has 84 valence electrons. The summed E-state index contributed by atoms with van der Waals surface area (Å²) in [7, 11) is 7.49. The zero-order chi connectivity index (χ0) is 11.7. The van der Waals surface area contributed by atoms with Crippen LogP contribution in [-0.2, 0) is 0 Å². The van der Waals surface area contributed by atoms with Gasteiger partial charge in [-0.25, -0.2) is 4.98 Å². The molecular formula is C10H18N4O. The van der Waals surface area contributed by atoms with Crippen molar-refractivity contribution in [3.8, 4) is 5.88 Å². The molecule has 0 fully saturated rings. The third-order valence-corrected chi connectivity index (χ3v) is 1.51. The molecule has 0 saturated heterocycles. The Bertz CT molecular complexity index is 285. The van der Waals surface area contributed by atoms with E-state index in [9.17, 15) is 0 Å². The van der Waals surface area contributed by atoms with Gasteiger partial charge < -0.3 is 15.3 Å². The van der Waals surface area contributed by atoms with Gasteiger partial charge in [-0.2, -0.15) is 0 Å². The van der Waals surface area contributed by atoms with E-state index in [-0.39, 0.29) is 5.88 Å². The van der Waals surface area contributed by atoms with Gasteiger partial charge in [-0.05, 0) is 6.07 Å². The number of pyridine rings is 1. The molecule has 0 spiro atoms. The number of aromatic nitrogens is 1. The molecule has 0 aromatic carbocycles. The molecule has 0 bridgehead atoms. The number of hydrogen-bond acceptors (Lipinski definition) is 3. The normalized spacial score (nSPS) is 10.0. The van der Waals surface area contributed by atoms with Crippen LogP contribution in [0, 0.1) is 0 Å². The third-order valence-electron chi connectivity index (χ3n) is 1.51. The predicted molar refractivity (Wildman–Crippen MR) is 62.0 cm³/mol. The maximum absolute atomic E-state index is 8.52. The van der Waals surface area contributed by atoms with Crippen LogP contribution in [0.15, 0.2) is 29.4 Å². The smallest absolute Gasteiger partial charge is 0.210 e. The van der Waals surface area contributed by atoms with Gasteiger partial charge in [0.05, 0.1) is 0 Å². The first-order valence-corrected chi connectivity index (χ1v) is 4.53. The Kier molecular flexibility index (Phi) is 6.70. The maximum Gasteiger partial charge on any atom is 0.210 e. The second kappa shape index (κ2) is 7.61. The monoisotopic (exact) mass is 210 g/mol. The first kappa shape index (κ1) is 13.2. The van der Waals surface area contributed by atoms with E-state index in [4.69, 9.17) is 5.11 Å². The molecule has 0 radical (unpaired) electrons. The predicted octanol–water partition coefficient (Wildman–Crippen LogP) is 0.540. The topological polar surface area (TPSA) is 60.8 Å². The average Bonchev–Trinajstić information content (AvgIpc) is 2.21. The Morgan fingerprint density at radius 2 is 2.13 bits per heavy atom. The van der Waals surface area contributed by atoms with Gasteiger partial charge in [0.15, 0.2) is 5.96 Å². The molecule has 1 aromatic heterocycles. The highest BCUT2D eigenvalue weighted by atomic mass is 16.3. The summed E-state index contributed by atoms with van der Waals surface area (Å²) in [5, 5.41) is 11.4. The summed E-state index contributed by atoms with van der Waals surface area (Å²) in [6, 6.07) is 5.00. The van der Waals surface area contributed by atoms with E-state index in [0.717, 1.165) is 5.96 Å². The third kappa shape index (κ3) is 6.31. The van der Waals surface area contributed by atoms with Crippen LogP contribution in [0.3, 0.4) is 0 Å². The van der Waals surface area contributed by atoms with E-state index < -0.39 is 0 Å². The SMILES string of the molecule is CN=C(NC)N(C)C.Oc1ccccn1. The minimum atomic E-state index is 0.0718. The molecule has 0 aliphatic heterocycles. The van der Waals surface area contributed by atoms with Crippen LogP contribution in [-0.4, -0.2) is 49.1 Å². The van der Waals surface area contributed by atoms with Crippen molar-refractivity contribution < 1.29 is 5.11 Å². The molecule has 2 N–H and O–H groups in total. The van der Waals surface area contributed by atoms with Crippen LogP contribution in [0.4, 0.5) is 0 Å². The Hall–Kier alpha value is -1.78. The average molecular weight is 210 g/mol. The van der Waals surface area contributed by atoms with E-state index in [1.54, 1.807) is 19.2 Å². The van der Waals surface area contributed by atoms with Crippen molar-refractivity contribution in [2.45, 2.75) is 0 Å². The first-order valence-electron chi connectivity index (χ1n) is 4.53. The number of guanidine groups is 1. The minimum absolute atomic E-state index is 0.0718. The van der Waals surface area contributed by atoms with Gasteiger partial charge in [-0.3, -0.25) is 4.99 Å². The van der Waals surface area contributed by atoms with Crippen LogP contribution in [0.5, 0.6) is 5.88 Å². The molecule has 15 heavy (non-hydrogen) atoms. The van der Waals surface area contributed by atoms with Crippen LogP contribution >= 0.6 is 0 Å². The molecule has 1 heterocycles. The van der Waals surface area contributed by atoms with Crippen molar-refractivity contribution in [1.29, 1.82) is 0 Å². The number of rotatable bonds is 0. The molecule has 0 aliphatic carbocycles. The van der Waals surface area contributed by atoms with Gasteiger partial charge >= 0.3 is 0 Å². The highest BCUT2D eigenvalue weighted by Gasteiger charge is 1.91. The molecule has 5 nitrogen and oxygen atoms in total. The van der Waals surface area contributed by atoms with Crippen molar-refractivity contribution in [2.24, 2.45) is 4.99 Å². The van der Waals surface area contributed by atoms with Crippen molar-refractivity contribution in [1.82, 2.24) is 15.2 Å².